The summed E-state index contributed by atoms with van der Waals surface area (Å²) in [6.07, 6.45) is 6.70. The van der Waals surface area contributed by atoms with Gasteiger partial charge in [-0.2, -0.15) is 0 Å². The lowest BCUT2D eigenvalue weighted by Gasteiger charge is -1.99. The Morgan fingerprint density at radius 2 is 2.31 bits per heavy atom. The van der Waals surface area contributed by atoms with E-state index in [-0.39, 0.29) is 0 Å². The van der Waals surface area contributed by atoms with Gasteiger partial charge in [0.2, 0.25) is 0 Å². The first kappa shape index (κ1) is 11.3. The zero-order chi connectivity index (χ0) is 11.4. The van der Waals surface area contributed by atoms with Crippen LogP contribution in [0, 0.1) is 13.8 Å². The largest absolute Gasteiger partial charge is 0.437 e. The second kappa shape index (κ2) is 5.21. The van der Waals surface area contributed by atoms with Crippen molar-refractivity contribution in [2.24, 2.45) is 0 Å². The van der Waals surface area contributed by atoms with Gasteiger partial charge in [0.1, 0.15) is 5.76 Å². The third-order valence-corrected chi connectivity index (χ3v) is 3.27. The number of rotatable bonds is 5. The molecule has 5 heteroatoms. The van der Waals surface area contributed by atoms with Gasteiger partial charge in [-0.25, -0.2) is 9.97 Å². The van der Waals surface area contributed by atoms with Crippen LogP contribution in [0.3, 0.4) is 0 Å². The molecule has 0 spiro atoms. The second-order valence-corrected chi connectivity index (χ2v) is 4.67. The Hall–Kier alpha value is -1.23. The highest BCUT2D eigenvalue weighted by Gasteiger charge is 2.05. The third kappa shape index (κ3) is 2.88. The molecule has 0 bridgehead atoms. The molecule has 2 aromatic heterocycles. The van der Waals surface area contributed by atoms with E-state index in [1.807, 2.05) is 26.4 Å². The highest BCUT2D eigenvalue weighted by molar-refractivity contribution is 7.99. The van der Waals surface area contributed by atoms with Crippen molar-refractivity contribution in [3.8, 4) is 0 Å². The van der Waals surface area contributed by atoms with Crippen LogP contribution in [-0.4, -0.2) is 20.3 Å². The van der Waals surface area contributed by atoms with E-state index in [2.05, 4.69) is 14.5 Å². The van der Waals surface area contributed by atoms with Crippen molar-refractivity contribution in [1.29, 1.82) is 0 Å². The molecule has 2 aromatic rings. The van der Waals surface area contributed by atoms with Gasteiger partial charge < -0.3 is 8.98 Å². The van der Waals surface area contributed by atoms with Gasteiger partial charge in [0, 0.05) is 24.7 Å². The van der Waals surface area contributed by atoms with Gasteiger partial charge in [-0.3, -0.25) is 0 Å². The van der Waals surface area contributed by atoms with E-state index in [0.717, 1.165) is 35.4 Å². The average Bonchev–Trinajstić information content (AvgIpc) is 2.85. The molecule has 0 fully saturated rings. The van der Waals surface area contributed by atoms with Gasteiger partial charge >= 0.3 is 0 Å². The van der Waals surface area contributed by atoms with Crippen LogP contribution in [0.2, 0.25) is 0 Å². The number of oxazole rings is 1. The topological polar surface area (TPSA) is 43.9 Å². The summed E-state index contributed by atoms with van der Waals surface area (Å²) in [4.78, 5) is 8.32. The maximum Gasteiger partial charge on any atom is 0.256 e. The van der Waals surface area contributed by atoms with Crippen molar-refractivity contribution >= 4 is 11.8 Å². The van der Waals surface area contributed by atoms with Gasteiger partial charge in [0.05, 0.1) is 12.0 Å². The second-order valence-electron chi connectivity index (χ2n) is 3.62. The van der Waals surface area contributed by atoms with Crippen LogP contribution in [-0.2, 0) is 6.54 Å². The monoisotopic (exact) mass is 237 g/mol. The molecule has 86 valence electrons. The molecule has 0 saturated carbocycles. The first-order chi connectivity index (χ1) is 7.75. The maximum atomic E-state index is 5.48. The van der Waals surface area contributed by atoms with Crippen molar-refractivity contribution in [2.45, 2.75) is 32.0 Å². The number of thioether (sulfide) groups is 1. The molecule has 0 aromatic carbocycles. The summed E-state index contributed by atoms with van der Waals surface area (Å²) in [5.41, 5.74) is 0.983. The molecule has 0 radical (unpaired) electrons. The normalized spacial score (nSPS) is 10.9. The van der Waals surface area contributed by atoms with Crippen LogP contribution in [0.5, 0.6) is 0 Å². The lowest BCUT2D eigenvalue weighted by atomic mass is 10.4. The summed E-state index contributed by atoms with van der Waals surface area (Å²) in [5.74, 6) is 1.93. The molecule has 2 rings (SSSR count). The molecule has 0 N–H and O–H groups in total. The minimum atomic E-state index is 0.778. The fraction of sp³-hybridized carbons (Fsp3) is 0.455. The molecular formula is C11H15N3OS. The van der Waals surface area contributed by atoms with E-state index < -0.39 is 0 Å². The quantitative estimate of drug-likeness (QED) is 0.592. The summed E-state index contributed by atoms with van der Waals surface area (Å²) < 4.78 is 7.56. The summed E-state index contributed by atoms with van der Waals surface area (Å²) in [5, 5.41) is 0.778. The molecule has 0 amide bonds. The first-order valence-electron chi connectivity index (χ1n) is 5.28. The van der Waals surface area contributed by atoms with Crippen molar-refractivity contribution in [3.05, 3.63) is 30.2 Å². The third-order valence-electron chi connectivity index (χ3n) is 2.35. The Balaban J connectivity index is 1.72. The predicted octanol–water partition coefficient (Wildman–Crippen LogP) is 2.67. The van der Waals surface area contributed by atoms with Crippen LogP contribution in [0.25, 0.3) is 0 Å². The molecule has 0 aliphatic rings. The predicted molar refractivity (Wildman–Crippen MR) is 63.5 cm³/mol. The minimum absolute atomic E-state index is 0.778. The van der Waals surface area contributed by atoms with E-state index in [1.54, 1.807) is 18.0 Å². The van der Waals surface area contributed by atoms with E-state index in [0.29, 0.717) is 0 Å². The van der Waals surface area contributed by atoms with Gasteiger partial charge in [0.25, 0.3) is 5.22 Å². The number of hydrogen-bond donors (Lipinski definition) is 0. The summed E-state index contributed by atoms with van der Waals surface area (Å²) in [6.45, 7) is 4.90. The lowest BCUT2D eigenvalue weighted by molar-refractivity contribution is 0.431. The van der Waals surface area contributed by atoms with Crippen molar-refractivity contribution in [1.82, 2.24) is 14.5 Å². The summed E-state index contributed by atoms with van der Waals surface area (Å²) in [7, 11) is 0. The molecule has 2 heterocycles. The highest BCUT2D eigenvalue weighted by atomic mass is 32.2. The van der Waals surface area contributed by atoms with Crippen molar-refractivity contribution in [3.63, 3.8) is 0 Å². The number of hydrogen-bond acceptors (Lipinski definition) is 4. The van der Waals surface area contributed by atoms with Gasteiger partial charge in [-0.05, 0) is 20.3 Å². The molecule has 0 aliphatic heterocycles. The van der Waals surface area contributed by atoms with Crippen LogP contribution in [0.15, 0.2) is 28.4 Å². The van der Waals surface area contributed by atoms with Crippen LogP contribution in [0.1, 0.15) is 17.9 Å². The average molecular weight is 237 g/mol. The zero-order valence-corrected chi connectivity index (χ0v) is 10.3. The van der Waals surface area contributed by atoms with Crippen molar-refractivity contribution < 1.29 is 4.42 Å². The van der Waals surface area contributed by atoms with E-state index >= 15 is 0 Å². The highest BCUT2D eigenvalue weighted by Crippen LogP contribution is 2.20. The standard InChI is InChI=1S/C11H15N3OS/c1-9-10(2)15-11(13-9)16-7-3-5-14-6-4-12-8-14/h4,6,8H,3,5,7H2,1-2H3. The zero-order valence-electron chi connectivity index (χ0n) is 9.51. The maximum absolute atomic E-state index is 5.48. The first-order valence-corrected chi connectivity index (χ1v) is 6.27. The number of nitrogens with zero attached hydrogens (tertiary/aromatic N) is 3. The lowest BCUT2D eigenvalue weighted by Crippen LogP contribution is -1.95. The summed E-state index contributed by atoms with van der Waals surface area (Å²) in [6, 6.07) is 0. The van der Waals surface area contributed by atoms with Crippen molar-refractivity contribution in [2.75, 3.05) is 5.75 Å². The number of aromatic nitrogens is 3. The minimum Gasteiger partial charge on any atom is -0.437 e. The van der Waals surface area contributed by atoms with Gasteiger partial charge in [-0.15, -0.1) is 0 Å². The Morgan fingerprint density at radius 3 is 2.94 bits per heavy atom. The molecule has 0 unspecified atom stereocenters. The molecule has 16 heavy (non-hydrogen) atoms. The Kier molecular flexibility index (Phi) is 3.66. The van der Waals surface area contributed by atoms with Gasteiger partial charge in [0.15, 0.2) is 0 Å². The number of aryl methyl sites for hydroxylation is 3. The Labute approximate surface area is 99.1 Å². The molecule has 0 saturated heterocycles. The molecule has 0 atom stereocenters. The molecule has 4 nitrogen and oxygen atoms in total. The van der Waals surface area contributed by atoms with Crippen LogP contribution in [0.4, 0.5) is 0 Å². The van der Waals surface area contributed by atoms with E-state index in [9.17, 15) is 0 Å². The van der Waals surface area contributed by atoms with E-state index in [1.165, 1.54) is 0 Å². The summed E-state index contributed by atoms with van der Waals surface area (Å²) >= 11 is 1.67. The molecular weight excluding hydrogens is 222 g/mol. The smallest absolute Gasteiger partial charge is 0.256 e. The fourth-order valence-electron chi connectivity index (χ4n) is 1.33. The molecule has 0 aliphatic carbocycles. The number of imidazole rings is 1. The van der Waals surface area contributed by atoms with E-state index in [4.69, 9.17) is 4.42 Å². The van der Waals surface area contributed by atoms with Crippen LogP contribution >= 0.6 is 11.8 Å². The Bertz CT molecular complexity index is 417. The van der Waals surface area contributed by atoms with Gasteiger partial charge in [-0.1, -0.05) is 11.8 Å². The SMILES string of the molecule is Cc1nc(SCCCn2ccnc2)oc1C. The Morgan fingerprint density at radius 1 is 1.44 bits per heavy atom. The van der Waals surface area contributed by atoms with Crippen LogP contribution < -0.4 is 0 Å². The fourth-order valence-corrected chi connectivity index (χ4v) is 2.16.